The van der Waals surface area contributed by atoms with Crippen molar-refractivity contribution in [3.05, 3.63) is 78.0 Å². The lowest BCUT2D eigenvalue weighted by Gasteiger charge is -2.37. The molecule has 4 rings (SSSR count). The van der Waals surface area contributed by atoms with Gasteiger partial charge in [-0.25, -0.2) is 9.78 Å². The highest BCUT2D eigenvalue weighted by atomic mass is 16.5. The molecular formula is C28H35N3O2. The molecule has 0 N–H and O–H groups in total. The van der Waals surface area contributed by atoms with Gasteiger partial charge in [0.15, 0.2) is 0 Å². The van der Waals surface area contributed by atoms with Gasteiger partial charge in [0.2, 0.25) is 0 Å². The smallest absolute Gasteiger partial charge is 0.342 e. The summed E-state index contributed by atoms with van der Waals surface area (Å²) in [5, 5.41) is 0. The average molecular weight is 446 g/mol. The molecule has 0 spiro atoms. The van der Waals surface area contributed by atoms with Crippen molar-refractivity contribution in [1.82, 2.24) is 9.88 Å². The van der Waals surface area contributed by atoms with Crippen LogP contribution >= 0.6 is 0 Å². The summed E-state index contributed by atoms with van der Waals surface area (Å²) in [6.07, 6.45) is 10.4. The Bertz CT molecular complexity index is 1030. The molecule has 0 saturated carbocycles. The van der Waals surface area contributed by atoms with Crippen LogP contribution < -0.4 is 4.90 Å². The molecule has 1 unspecified atom stereocenters. The van der Waals surface area contributed by atoms with Crippen molar-refractivity contribution in [2.24, 2.45) is 5.41 Å². The first-order chi connectivity index (χ1) is 15.9. The third-order valence-corrected chi connectivity index (χ3v) is 6.75. The topological polar surface area (TPSA) is 45.7 Å². The zero-order valence-electron chi connectivity index (χ0n) is 20.2. The summed E-state index contributed by atoms with van der Waals surface area (Å²) in [6.45, 7) is 9.11. The minimum atomic E-state index is -0.311. The third kappa shape index (κ3) is 5.19. The molecule has 1 fully saturated rings. The summed E-state index contributed by atoms with van der Waals surface area (Å²) in [5.74, 6) is 0.389. The second-order valence-corrected chi connectivity index (χ2v) is 9.76. The summed E-state index contributed by atoms with van der Waals surface area (Å²) in [5.41, 5.74) is 3.32. The molecule has 1 aliphatic heterocycles. The summed E-state index contributed by atoms with van der Waals surface area (Å²) in [4.78, 5) is 21.9. The van der Waals surface area contributed by atoms with Crippen LogP contribution in [-0.2, 0) is 4.74 Å². The summed E-state index contributed by atoms with van der Waals surface area (Å²) < 4.78 is 5.45. The van der Waals surface area contributed by atoms with Gasteiger partial charge in [-0.05, 0) is 50.0 Å². The van der Waals surface area contributed by atoms with E-state index in [1.807, 2.05) is 27.0 Å². The van der Waals surface area contributed by atoms with Crippen LogP contribution in [-0.4, -0.2) is 54.7 Å². The van der Waals surface area contributed by atoms with E-state index in [1.165, 1.54) is 11.1 Å². The standard InChI is InChI=1S/C28H35N3O2/c1-21(2)33-27(32)24-13-10-17-29-26(24)30(4)23-15-18-31(19-23)20-28(3)16-9-8-14-25(28)22-11-6-5-7-12-22/h5-14,17,21,23H,15-16,18-20H2,1-4H3/t23-,28?/m1/s1. The largest absolute Gasteiger partial charge is 0.459 e. The number of esters is 1. The van der Waals surface area contributed by atoms with Crippen molar-refractivity contribution in [3.63, 3.8) is 0 Å². The van der Waals surface area contributed by atoms with Crippen molar-refractivity contribution in [2.75, 3.05) is 31.6 Å². The maximum atomic E-state index is 12.6. The first kappa shape index (κ1) is 23.2. The van der Waals surface area contributed by atoms with Crippen LogP contribution in [0.15, 0.2) is 66.9 Å². The number of hydrogen-bond acceptors (Lipinski definition) is 5. The van der Waals surface area contributed by atoms with Crippen molar-refractivity contribution >= 4 is 17.4 Å². The number of benzene rings is 1. The molecule has 1 aliphatic carbocycles. The van der Waals surface area contributed by atoms with Crippen molar-refractivity contribution in [2.45, 2.75) is 45.8 Å². The second-order valence-electron chi connectivity index (χ2n) is 9.76. The predicted octanol–water partition coefficient (Wildman–Crippen LogP) is 5.21. The van der Waals surface area contributed by atoms with Gasteiger partial charge in [0.25, 0.3) is 0 Å². The Morgan fingerprint density at radius 3 is 2.79 bits per heavy atom. The Morgan fingerprint density at radius 2 is 2.03 bits per heavy atom. The van der Waals surface area contributed by atoms with E-state index in [4.69, 9.17) is 4.74 Å². The van der Waals surface area contributed by atoms with E-state index in [0.717, 1.165) is 32.5 Å². The molecule has 2 heterocycles. The lowest BCUT2D eigenvalue weighted by Crippen LogP contribution is -2.40. The molecule has 1 aromatic heterocycles. The number of rotatable bonds is 7. The Hall–Kier alpha value is -2.92. The molecule has 2 aromatic rings. The maximum absolute atomic E-state index is 12.6. The van der Waals surface area contributed by atoms with Crippen LogP contribution in [0.2, 0.25) is 0 Å². The van der Waals surface area contributed by atoms with E-state index in [1.54, 1.807) is 12.3 Å². The average Bonchev–Trinajstić information content (AvgIpc) is 3.27. The highest BCUT2D eigenvalue weighted by Gasteiger charge is 2.36. The molecule has 5 heteroatoms. The minimum absolute atomic E-state index is 0.0702. The fraction of sp³-hybridized carbons (Fsp3) is 0.429. The Morgan fingerprint density at radius 1 is 1.24 bits per heavy atom. The first-order valence-corrected chi connectivity index (χ1v) is 11.9. The van der Waals surface area contributed by atoms with Gasteiger partial charge in [-0.3, -0.25) is 0 Å². The van der Waals surface area contributed by atoms with Gasteiger partial charge in [0.1, 0.15) is 11.4 Å². The zero-order valence-corrected chi connectivity index (χ0v) is 20.2. The van der Waals surface area contributed by atoms with Crippen LogP contribution in [0, 0.1) is 5.41 Å². The minimum Gasteiger partial charge on any atom is -0.459 e. The lowest BCUT2D eigenvalue weighted by atomic mass is 9.73. The summed E-state index contributed by atoms with van der Waals surface area (Å²) in [7, 11) is 2.04. The first-order valence-electron chi connectivity index (χ1n) is 11.9. The number of pyridine rings is 1. The number of nitrogens with zero attached hydrogens (tertiary/aromatic N) is 3. The second kappa shape index (κ2) is 9.92. The highest BCUT2D eigenvalue weighted by molar-refractivity contribution is 5.94. The monoisotopic (exact) mass is 445 g/mol. The van der Waals surface area contributed by atoms with Crippen LogP contribution in [0.3, 0.4) is 0 Å². The quantitative estimate of drug-likeness (QED) is 0.548. The molecule has 33 heavy (non-hydrogen) atoms. The molecule has 2 atom stereocenters. The van der Waals surface area contributed by atoms with Crippen LogP contribution in [0.5, 0.6) is 0 Å². The Balaban J connectivity index is 1.47. The number of hydrogen-bond donors (Lipinski definition) is 0. The number of ether oxygens (including phenoxy) is 1. The molecule has 174 valence electrons. The van der Waals surface area contributed by atoms with Crippen molar-refractivity contribution in [1.29, 1.82) is 0 Å². The van der Waals surface area contributed by atoms with Gasteiger partial charge >= 0.3 is 5.97 Å². The molecule has 0 bridgehead atoms. The number of allylic oxidation sites excluding steroid dienone is 3. The normalized spacial score (nSPS) is 22.9. The van der Waals surface area contributed by atoms with E-state index in [9.17, 15) is 4.79 Å². The van der Waals surface area contributed by atoms with Crippen LogP contribution in [0.4, 0.5) is 5.82 Å². The Kier molecular flexibility index (Phi) is 6.99. The van der Waals surface area contributed by atoms with E-state index in [2.05, 4.69) is 70.3 Å². The van der Waals surface area contributed by atoms with E-state index in [0.29, 0.717) is 17.4 Å². The number of carbonyl (C=O) groups is 1. The summed E-state index contributed by atoms with van der Waals surface area (Å²) >= 11 is 0. The maximum Gasteiger partial charge on any atom is 0.342 e. The van der Waals surface area contributed by atoms with Gasteiger partial charge in [0, 0.05) is 44.3 Å². The SMILES string of the molecule is CC(C)OC(=O)c1cccnc1N(C)[C@@H]1CCN(CC2(C)CC=CC=C2c2ccccc2)C1. The molecule has 0 amide bonds. The number of anilines is 1. The fourth-order valence-corrected chi connectivity index (χ4v) is 5.07. The fourth-order valence-electron chi connectivity index (χ4n) is 5.07. The number of aromatic nitrogens is 1. The van der Waals surface area contributed by atoms with Crippen LogP contribution in [0.1, 0.15) is 49.5 Å². The van der Waals surface area contributed by atoms with Crippen LogP contribution in [0.25, 0.3) is 5.57 Å². The van der Waals surface area contributed by atoms with E-state index in [-0.39, 0.29) is 17.5 Å². The van der Waals surface area contributed by atoms with E-state index >= 15 is 0 Å². The molecule has 1 saturated heterocycles. The molecule has 1 aromatic carbocycles. The van der Waals surface area contributed by atoms with Crippen molar-refractivity contribution < 1.29 is 9.53 Å². The highest BCUT2D eigenvalue weighted by Crippen LogP contribution is 2.42. The zero-order chi connectivity index (χ0) is 23.4. The molecule has 2 aliphatic rings. The molecule has 0 radical (unpaired) electrons. The third-order valence-electron chi connectivity index (χ3n) is 6.75. The van der Waals surface area contributed by atoms with E-state index < -0.39 is 0 Å². The van der Waals surface area contributed by atoms with Gasteiger partial charge < -0.3 is 14.5 Å². The predicted molar refractivity (Wildman–Crippen MR) is 134 cm³/mol. The lowest BCUT2D eigenvalue weighted by molar-refractivity contribution is 0.0378. The summed E-state index contributed by atoms with van der Waals surface area (Å²) in [6, 6.07) is 14.6. The van der Waals surface area contributed by atoms with Crippen molar-refractivity contribution in [3.8, 4) is 0 Å². The number of carbonyl (C=O) groups excluding carboxylic acids is 1. The van der Waals surface area contributed by atoms with Gasteiger partial charge in [-0.2, -0.15) is 0 Å². The molecular weight excluding hydrogens is 410 g/mol. The number of likely N-dealkylation sites (N-methyl/N-ethyl adjacent to an activating group) is 1. The molecule has 5 nitrogen and oxygen atoms in total. The Labute approximate surface area is 197 Å². The number of likely N-dealkylation sites (tertiary alicyclic amines) is 1. The van der Waals surface area contributed by atoms with Gasteiger partial charge in [-0.1, -0.05) is 55.5 Å². The van der Waals surface area contributed by atoms with Gasteiger partial charge in [0.05, 0.1) is 6.10 Å². The van der Waals surface area contributed by atoms with Gasteiger partial charge in [-0.15, -0.1) is 0 Å².